The minimum absolute atomic E-state index is 0.0557. The highest BCUT2D eigenvalue weighted by Crippen LogP contribution is 2.08. The smallest absolute Gasteiger partial charge is 0.326 e. The number of carbonyl (C=O) groups excluding carboxylic acids is 4. The van der Waals surface area contributed by atoms with E-state index >= 15 is 0 Å². The van der Waals surface area contributed by atoms with Crippen LogP contribution in [0.2, 0.25) is 0 Å². The highest BCUT2D eigenvalue weighted by atomic mass is 16.4. The summed E-state index contributed by atoms with van der Waals surface area (Å²) in [6.45, 7) is 1.05. The third kappa shape index (κ3) is 9.62. The SMILES string of the molecule is NCCCCC(NC(=O)C(CC(N)=O)NC(=O)C1CCCN1)C(=O)NC(Cc1ccccc1)C(=O)O. The van der Waals surface area contributed by atoms with E-state index in [9.17, 15) is 29.1 Å². The molecular formula is C24H36N6O6. The molecule has 4 amide bonds. The Bertz CT molecular complexity index is 906. The fourth-order valence-corrected chi connectivity index (χ4v) is 3.95. The first-order valence-electron chi connectivity index (χ1n) is 12.1. The van der Waals surface area contributed by atoms with Gasteiger partial charge in [-0.05, 0) is 50.8 Å². The predicted octanol–water partition coefficient (Wildman–Crippen LogP) is -1.48. The molecule has 0 aromatic heterocycles. The minimum atomic E-state index is -1.28. The van der Waals surface area contributed by atoms with Crippen molar-refractivity contribution < 1.29 is 29.1 Å². The average molecular weight is 505 g/mol. The van der Waals surface area contributed by atoms with Crippen LogP contribution in [-0.2, 0) is 30.4 Å². The Hall–Kier alpha value is -3.51. The summed E-state index contributed by atoms with van der Waals surface area (Å²) in [5.74, 6) is -3.91. The highest BCUT2D eigenvalue weighted by molar-refractivity contribution is 5.96. The number of benzene rings is 1. The largest absolute Gasteiger partial charge is 0.480 e. The fraction of sp³-hybridized carbons (Fsp3) is 0.542. The van der Waals surface area contributed by atoms with E-state index in [-0.39, 0.29) is 12.8 Å². The number of nitrogens with two attached hydrogens (primary N) is 2. The van der Waals surface area contributed by atoms with E-state index in [0.29, 0.717) is 32.4 Å². The first-order chi connectivity index (χ1) is 17.2. The Morgan fingerprint density at radius 1 is 0.972 bits per heavy atom. The lowest BCUT2D eigenvalue weighted by molar-refractivity contribution is -0.142. The molecule has 0 aliphatic carbocycles. The summed E-state index contributed by atoms with van der Waals surface area (Å²) in [5.41, 5.74) is 11.5. The van der Waals surface area contributed by atoms with Crippen molar-refractivity contribution in [3.63, 3.8) is 0 Å². The van der Waals surface area contributed by atoms with E-state index in [1.165, 1.54) is 0 Å². The number of nitrogens with one attached hydrogen (secondary N) is 4. The standard InChI is InChI=1S/C24H36N6O6/c25-11-5-4-9-17(22(33)30-19(24(35)36)13-15-7-2-1-3-8-15)28-23(34)18(14-20(26)31)29-21(32)16-10-6-12-27-16/h1-3,7-8,16-19,27H,4-6,9-14,25H2,(H2,26,31)(H,28,34)(H,29,32)(H,30,33)(H,35,36). The molecule has 1 aromatic rings. The molecule has 198 valence electrons. The molecule has 1 aliphatic rings. The minimum Gasteiger partial charge on any atom is -0.480 e. The van der Waals surface area contributed by atoms with Crippen LogP contribution in [0.3, 0.4) is 0 Å². The van der Waals surface area contributed by atoms with Gasteiger partial charge >= 0.3 is 5.97 Å². The fourth-order valence-electron chi connectivity index (χ4n) is 3.95. The normalized spacial score (nSPS) is 17.4. The summed E-state index contributed by atoms with van der Waals surface area (Å²) in [6, 6.07) is 4.75. The molecule has 0 saturated carbocycles. The van der Waals surface area contributed by atoms with Gasteiger partial charge in [-0.25, -0.2) is 4.79 Å². The predicted molar refractivity (Wildman–Crippen MR) is 131 cm³/mol. The second-order valence-corrected chi connectivity index (χ2v) is 8.82. The van der Waals surface area contributed by atoms with Crippen molar-refractivity contribution in [1.82, 2.24) is 21.3 Å². The quantitative estimate of drug-likeness (QED) is 0.140. The van der Waals surface area contributed by atoms with Gasteiger partial charge in [0.2, 0.25) is 23.6 Å². The third-order valence-corrected chi connectivity index (χ3v) is 5.89. The summed E-state index contributed by atoms with van der Waals surface area (Å²) >= 11 is 0. The van der Waals surface area contributed by atoms with Gasteiger partial charge in [0.25, 0.3) is 0 Å². The van der Waals surface area contributed by atoms with Crippen LogP contribution in [0, 0.1) is 0 Å². The number of primary amides is 1. The molecule has 4 unspecified atom stereocenters. The summed E-state index contributed by atoms with van der Waals surface area (Å²) in [6.07, 6.45) is 2.27. The molecule has 2 rings (SSSR count). The average Bonchev–Trinajstić information content (AvgIpc) is 3.38. The molecular weight excluding hydrogens is 468 g/mol. The summed E-state index contributed by atoms with van der Waals surface area (Å²) in [4.78, 5) is 61.9. The van der Waals surface area contributed by atoms with Crippen molar-refractivity contribution in [2.24, 2.45) is 11.5 Å². The van der Waals surface area contributed by atoms with Gasteiger partial charge in [-0.15, -0.1) is 0 Å². The lowest BCUT2D eigenvalue weighted by Gasteiger charge is -2.25. The lowest BCUT2D eigenvalue weighted by atomic mass is 10.0. The van der Waals surface area contributed by atoms with E-state index in [1.54, 1.807) is 30.3 Å². The van der Waals surface area contributed by atoms with Crippen molar-refractivity contribution in [3.8, 4) is 0 Å². The summed E-state index contributed by atoms with van der Waals surface area (Å²) in [7, 11) is 0. The topological polar surface area (TPSA) is 206 Å². The number of carboxylic acid groups (broad SMARTS) is 1. The van der Waals surface area contributed by atoms with Crippen LogP contribution in [0.5, 0.6) is 0 Å². The van der Waals surface area contributed by atoms with E-state index in [1.807, 2.05) is 0 Å². The molecule has 1 saturated heterocycles. The molecule has 0 radical (unpaired) electrons. The van der Waals surface area contributed by atoms with Gasteiger partial charge in [-0.3, -0.25) is 19.2 Å². The van der Waals surface area contributed by atoms with Crippen LogP contribution in [0.15, 0.2) is 30.3 Å². The maximum atomic E-state index is 13.0. The maximum Gasteiger partial charge on any atom is 0.326 e. The summed E-state index contributed by atoms with van der Waals surface area (Å²) < 4.78 is 0. The zero-order valence-corrected chi connectivity index (χ0v) is 20.2. The van der Waals surface area contributed by atoms with Crippen LogP contribution < -0.4 is 32.7 Å². The molecule has 9 N–H and O–H groups in total. The van der Waals surface area contributed by atoms with Gasteiger partial charge in [0.15, 0.2) is 0 Å². The second-order valence-electron chi connectivity index (χ2n) is 8.82. The molecule has 0 bridgehead atoms. The van der Waals surface area contributed by atoms with Crippen molar-refractivity contribution in [2.75, 3.05) is 13.1 Å². The van der Waals surface area contributed by atoms with Gasteiger partial charge in [0.1, 0.15) is 18.1 Å². The van der Waals surface area contributed by atoms with E-state index in [4.69, 9.17) is 11.5 Å². The molecule has 1 fully saturated rings. The van der Waals surface area contributed by atoms with Crippen molar-refractivity contribution in [2.45, 2.75) is 69.1 Å². The number of carbonyl (C=O) groups is 5. The molecule has 4 atom stereocenters. The Morgan fingerprint density at radius 2 is 1.64 bits per heavy atom. The van der Waals surface area contributed by atoms with E-state index in [2.05, 4.69) is 21.3 Å². The van der Waals surface area contributed by atoms with Crippen molar-refractivity contribution >= 4 is 29.6 Å². The van der Waals surface area contributed by atoms with Crippen LogP contribution in [-0.4, -0.2) is 72.0 Å². The zero-order chi connectivity index (χ0) is 26.5. The molecule has 1 aliphatic heterocycles. The Morgan fingerprint density at radius 3 is 2.22 bits per heavy atom. The molecule has 1 heterocycles. The first-order valence-corrected chi connectivity index (χ1v) is 12.1. The highest BCUT2D eigenvalue weighted by Gasteiger charge is 2.32. The number of carboxylic acids is 1. The van der Waals surface area contributed by atoms with Crippen LogP contribution in [0.25, 0.3) is 0 Å². The molecule has 1 aromatic carbocycles. The van der Waals surface area contributed by atoms with Crippen LogP contribution in [0.4, 0.5) is 0 Å². The molecule has 0 spiro atoms. The van der Waals surface area contributed by atoms with Gasteiger partial charge in [0, 0.05) is 6.42 Å². The Labute approximate surface area is 209 Å². The second kappa shape index (κ2) is 14.8. The number of rotatable bonds is 15. The van der Waals surface area contributed by atoms with Crippen molar-refractivity contribution in [1.29, 1.82) is 0 Å². The van der Waals surface area contributed by atoms with Gasteiger partial charge in [-0.1, -0.05) is 30.3 Å². The van der Waals surface area contributed by atoms with Crippen LogP contribution >= 0.6 is 0 Å². The molecule has 36 heavy (non-hydrogen) atoms. The van der Waals surface area contributed by atoms with E-state index in [0.717, 1.165) is 12.0 Å². The van der Waals surface area contributed by atoms with E-state index < -0.39 is 60.2 Å². The Balaban J connectivity index is 2.11. The van der Waals surface area contributed by atoms with Gasteiger partial charge < -0.3 is 37.8 Å². The number of hydrogen-bond acceptors (Lipinski definition) is 7. The van der Waals surface area contributed by atoms with Crippen molar-refractivity contribution in [3.05, 3.63) is 35.9 Å². The van der Waals surface area contributed by atoms with Gasteiger partial charge in [0.05, 0.1) is 12.5 Å². The lowest BCUT2D eigenvalue weighted by Crippen LogP contribution is -2.57. The maximum absolute atomic E-state index is 13.0. The van der Waals surface area contributed by atoms with Crippen LogP contribution in [0.1, 0.15) is 44.1 Å². The van der Waals surface area contributed by atoms with Gasteiger partial charge in [-0.2, -0.15) is 0 Å². The molecule has 12 nitrogen and oxygen atoms in total. The number of aliphatic carboxylic acids is 1. The summed E-state index contributed by atoms with van der Waals surface area (Å²) in [5, 5.41) is 20.2. The number of hydrogen-bond donors (Lipinski definition) is 7. The zero-order valence-electron chi connectivity index (χ0n) is 20.2. The number of unbranched alkanes of at least 4 members (excludes halogenated alkanes) is 1. The first kappa shape index (κ1) is 28.7. The molecule has 12 heteroatoms. The number of amides is 4. The Kier molecular flexibility index (Phi) is 11.8. The monoisotopic (exact) mass is 504 g/mol. The third-order valence-electron chi connectivity index (χ3n) is 5.89.